The Kier molecular flexibility index (Phi) is 5.04. The van der Waals surface area contributed by atoms with E-state index in [4.69, 9.17) is 11.6 Å². The Morgan fingerprint density at radius 1 is 1.07 bits per heavy atom. The van der Waals surface area contributed by atoms with Crippen molar-refractivity contribution in [2.45, 2.75) is 45.6 Å². The van der Waals surface area contributed by atoms with Crippen LogP contribution in [-0.4, -0.2) is 33.4 Å². The van der Waals surface area contributed by atoms with Gasteiger partial charge < -0.3 is 4.57 Å². The highest BCUT2D eigenvalue weighted by Gasteiger charge is 2.40. The summed E-state index contributed by atoms with van der Waals surface area (Å²) in [5.41, 5.74) is 3.55. The molecule has 4 amide bonds. The molecule has 2 heterocycles. The number of aryl methyl sites for hydroxylation is 1. The first-order chi connectivity index (χ1) is 13.9. The molecule has 1 aromatic heterocycles. The second-order valence-electron chi connectivity index (χ2n) is 7.57. The predicted molar refractivity (Wildman–Crippen MR) is 111 cm³/mol. The van der Waals surface area contributed by atoms with Crippen molar-refractivity contribution in [3.05, 3.63) is 57.9 Å². The van der Waals surface area contributed by atoms with Crippen molar-refractivity contribution in [2.75, 3.05) is 0 Å². The SMILES string of the molecule is Cc1cc(/C=C2/C(=O)NC(=O)N(C3CCCC3)C2=O)c(C)n1-c1ccc(Cl)cc1. The second kappa shape index (κ2) is 7.52. The number of carbonyl (C=O) groups is 3. The maximum absolute atomic E-state index is 13.0. The van der Waals surface area contributed by atoms with Crippen LogP contribution in [0.4, 0.5) is 4.79 Å². The van der Waals surface area contributed by atoms with Gasteiger partial charge in [-0.15, -0.1) is 0 Å². The van der Waals surface area contributed by atoms with Crippen molar-refractivity contribution < 1.29 is 14.4 Å². The molecule has 7 heteroatoms. The van der Waals surface area contributed by atoms with Crippen molar-refractivity contribution in [1.29, 1.82) is 0 Å². The van der Waals surface area contributed by atoms with Crippen molar-refractivity contribution in [1.82, 2.24) is 14.8 Å². The molecule has 2 aromatic rings. The van der Waals surface area contributed by atoms with E-state index in [0.29, 0.717) is 5.02 Å². The van der Waals surface area contributed by atoms with Gasteiger partial charge >= 0.3 is 6.03 Å². The number of nitrogens with one attached hydrogen (secondary N) is 1. The molecule has 2 aliphatic rings. The van der Waals surface area contributed by atoms with Crippen LogP contribution in [0.5, 0.6) is 0 Å². The van der Waals surface area contributed by atoms with Crippen LogP contribution in [-0.2, 0) is 9.59 Å². The van der Waals surface area contributed by atoms with Gasteiger partial charge in [0, 0.05) is 28.1 Å². The third-order valence-electron chi connectivity index (χ3n) is 5.68. The lowest BCUT2D eigenvalue weighted by molar-refractivity contribution is -0.131. The van der Waals surface area contributed by atoms with Crippen LogP contribution in [0.2, 0.25) is 5.02 Å². The highest BCUT2D eigenvalue weighted by Crippen LogP contribution is 2.28. The lowest BCUT2D eigenvalue weighted by Crippen LogP contribution is -2.57. The molecule has 0 radical (unpaired) electrons. The fourth-order valence-electron chi connectivity index (χ4n) is 4.24. The zero-order valence-electron chi connectivity index (χ0n) is 16.4. The number of amides is 4. The number of rotatable bonds is 3. The number of halogens is 1. The summed E-state index contributed by atoms with van der Waals surface area (Å²) in [6.07, 6.45) is 5.12. The molecular weight excluding hydrogens is 390 g/mol. The minimum absolute atomic E-state index is 0.00661. The third kappa shape index (κ3) is 3.49. The lowest BCUT2D eigenvalue weighted by atomic mass is 10.1. The van der Waals surface area contributed by atoms with Crippen LogP contribution in [0.1, 0.15) is 42.6 Å². The Hall–Kier alpha value is -2.86. The molecule has 1 N–H and O–H groups in total. The van der Waals surface area contributed by atoms with Gasteiger partial charge in [-0.3, -0.25) is 19.8 Å². The summed E-state index contributed by atoms with van der Waals surface area (Å²) >= 11 is 5.99. The number of urea groups is 1. The molecule has 29 heavy (non-hydrogen) atoms. The molecule has 1 aromatic carbocycles. The summed E-state index contributed by atoms with van der Waals surface area (Å²) in [7, 11) is 0. The van der Waals surface area contributed by atoms with Gasteiger partial charge in [-0.1, -0.05) is 24.4 Å². The summed E-state index contributed by atoms with van der Waals surface area (Å²) in [6.45, 7) is 3.89. The van der Waals surface area contributed by atoms with E-state index in [0.717, 1.165) is 48.3 Å². The molecule has 0 spiro atoms. The van der Waals surface area contributed by atoms with Crippen molar-refractivity contribution in [3.63, 3.8) is 0 Å². The van der Waals surface area contributed by atoms with Crippen molar-refractivity contribution in [2.24, 2.45) is 0 Å². The summed E-state index contributed by atoms with van der Waals surface area (Å²) in [5, 5.41) is 2.98. The Labute approximate surface area is 174 Å². The number of aromatic nitrogens is 1. The van der Waals surface area contributed by atoms with E-state index in [-0.39, 0.29) is 11.6 Å². The van der Waals surface area contributed by atoms with Gasteiger partial charge in [0.2, 0.25) is 0 Å². The number of barbiturate groups is 1. The zero-order valence-corrected chi connectivity index (χ0v) is 17.1. The largest absolute Gasteiger partial charge is 0.331 e. The Morgan fingerprint density at radius 2 is 1.72 bits per heavy atom. The van der Waals surface area contributed by atoms with E-state index in [1.54, 1.807) is 6.08 Å². The smallest absolute Gasteiger partial charge is 0.318 e. The van der Waals surface area contributed by atoms with E-state index in [1.807, 2.05) is 48.7 Å². The summed E-state index contributed by atoms with van der Waals surface area (Å²) in [4.78, 5) is 38.9. The third-order valence-corrected chi connectivity index (χ3v) is 5.93. The topological polar surface area (TPSA) is 71.4 Å². The predicted octanol–water partition coefficient (Wildman–Crippen LogP) is 4.15. The normalized spacial score (nSPS) is 19.3. The Morgan fingerprint density at radius 3 is 2.38 bits per heavy atom. The van der Waals surface area contributed by atoms with Gasteiger partial charge in [0.1, 0.15) is 5.57 Å². The molecular formula is C22H22ClN3O3. The molecule has 0 unspecified atom stereocenters. The van der Waals surface area contributed by atoms with Gasteiger partial charge in [0.25, 0.3) is 11.8 Å². The fraction of sp³-hybridized carbons (Fsp3) is 0.318. The lowest BCUT2D eigenvalue weighted by Gasteiger charge is -2.31. The van der Waals surface area contributed by atoms with Gasteiger partial charge in [-0.05, 0) is 68.7 Å². The van der Waals surface area contributed by atoms with Crippen LogP contribution in [0.25, 0.3) is 11.8 Å². The molecule has 150 valence electrons. The molecule has 2 fully saturated rings. The molecule has 0 bridgehead atoms. The van der Waals surface area contributed by atoms with E-state index in [2.05, 4.69) is 5.32 Å². The Balaban J connectivity index is 1.72. The van der Waals surface area contributed by atoms with Crippen molar-refractivity contribution in [3.8, 4) is 5.69 Å². The molecule has 6 nitrogen and oxygen atoms in total. The maximum Gasteiger partial charge on any atom is 0.331 e. The molecule has 1 aliphatic heterocycles. The minimum Gasteiger partial charge on any atom is -0.318 e. The molecule has 0 atom stereocenters. The van der Waals surface area contributed by atoms with Gasteiger partial charge in [-0.2, -0.15) is 0 Å². The number of hydrogen-bond acceptors (Lipinski definition) is 3. The number of imide groups is 2. The quantitative estimate of drug-likeness (QED) is 0.609. The van der Waals surface area contributed by atoms with Crippen LogP contribution in [0.3, 0.4) is 0 Å². The maximum atomic E-state index is 13.0. The number of nitrogens with zero attached hydrogens (tertiary/aromatic N) is 2. The van der Waals surface area contributed by atoms with Crippen LogP contribution in [0, 0.1) is 13.8 Å². The molecule has 4 rings (SSSR count). The van der Waals surface area contributed by atoms with Gasteiger partial charge in [0.15, 0.2) is 0 Å². The van der Waals surface area contributed by atoms with Gasteiger partial charge in [0.05, 0.1) is 0 Å². The van der Waals surface area contributed by atoms with E-state index >= 15 is 0 Å². The van der Waals surface area contributed by atoms with Crippen LogP contribution >= 0.6 is 11.6 Å². The first kappa shape index (κ1) is 19.5. The number of carbonyl (C=O) groups excluding carboxylic acids is 3. The van der Waals surface area contributed by atoms with Crippen LogP contribution in [0.15, 0.2) is 35.9 Å². The van der Waals surface area contributed by atoms with Gasteiger partial charge in [-0.25, -0.2) is 4.79 Å². The standard InChI is InChI=1S/C22H22ClN3O3/c1-13-11-15(14(2)25(13)18-9-7-16(23)8-10-18)12-19-20(27)24-22(29)26(21(19)28)17-5-3-4-6-17/h7-12,17H,3-6H2,1-2H3,(H,24,27,29)/b19-12-. The summed E-state index contributed by atoms with van der Waals surface area (Å²) in [5.74, 6) is -1.16. The summed E-state index contributed by atoms with van der Waals surface area (Å²) < 4.78 is 2.04. The highest BCUT2D eigenvalue weighted by atomic mass is 35.5. The molecule has 1 saturated carbocycles. The first-order valence-electron chi connectivity index (χ1n) is 9.72. The minimum atomic E-state index is -0.648. The average molecular weight is 412 g/mol. The average Bonchev–Trinajstić information content (AvgIpc) is 3.28. The summed E-state index contributed by atoms with van der Waals surface area (Å²) in [6, 6.07) is 8.63. The molecule has 1 saturated heterocycles. The van der Waals surface area contributed by atoms with E-state index < -0.39 is 17.8 Å². The first-order valence-corrected chi connectivity index (χ1v) is 10.1. The van der Waals surface area contributed by atoms with Crippen molar-refractivity contribution >= 4 is 35.5 Å². The van der Waals surface area contributed by atoms with E-state index in [9.17, 15) is 14.4 Å². The molecule has 1 aliphatic carbocycles. The fourth-order valence-corrected chi connectivity index (χ4v) is 4.37. The Bertz CT molecular complexity index is 1030. The number of benzene rings is 1. The van der Waals surface area contributed by atoms with Crippen LogP contribution < -0.4 is 5.32 Å². The number of hydrogen-bond donors (Lipinski definition) is 1. The second-order valence-corrected chi connectivity index (χ2v) is 8.01. The monoisotopic (exact) mass is 411 g/mol. The van der Waals surface area contributed by atoms with E-state index in [1.165, 1.54) is 4.90 Å². The highest BCUT2D eigenvalue weighted by molar-refractivity contribution is 6.31. The zero-order chi connectivity index (χ0) is 20.7.